The number of anilines is 1. The number of aryl methyl sites for hydroxylation is 1. The van der Waals surface area contributed by atoms with Gasteiger partial charge in [0.15, 0.2) is 0 Å². The van der Waals surface area contributed by atoms with E-state index in [4.69, 9.17) is 11.6 Å². The molecule has 0 atom stereocenters. The maximum atomic E-state index is 13.1. The highest BCUT2D eigenvalue weighted by molar-refractivity contribution is 7.92. The molecule has 2 aromatic carbocycles. The molecule has 1 aliphatic heterocycles. The summed E-state index contributed by atoms with van der Waals surface area (Å²) in [7, 11) is 0.229. The number of piperidine rings is 1. The lowest BCUT2D eigenvalue weighted by Crippen LogP contribution is -2.44. The van der Waals surface area contributed by atoms with Gasteiger partial charge in [-0.2, -0.15) is 0 Å². The monoisotopic (exact) mass is 477 g/mol. The van der Waals surface area contributed by atoms with Crippen LogP contribution in [0, 0.1) is 0 Å². The zero-order valence-corrected chi connectivity index (χ0v) is 20.5. The number of carbonyl (C=O) groups is 1. The van der Waals surface area contributed by atoms with E-state index in [0.717, 1.165) is 32.1 Å². The summed E-state index contributed by atoms with van der Waals surface area (Å²) in [5.74, 6) is -0.232. The minimum Gasteiger partial charge on any atom is -0.338 e. The van der Waals surface area contributed by atoms with Crippen LogP contribution in [0.2, 0.25) is 5.02 Å². The van der Waals surface area contributed by atoms with E-state index in [0.29, 0.717) is 24.8 Å². The van der Waals surface area contributed by atoms with Crippen molar-refractivity contribution in [2.45, 2.75) is 50.0 Å². The topological polar surface area (TPSA) is 69.7 Å². The third-order valence-corrected chi connectivity index (χ3v) is 7.69. The van der Waals surface area contributed by atoms with Crippen molar-refractivity contribution in [1.82, 2.24) is 9.80 Å². The summed E-state index contributed by atoms with van der Waals surface area (Å²) in [6.07, 6.45) is 4.94. The second-order valence-corrected chi connectivity index (χ2v) is 10.6. The lowest BCUT2D eigenvalue weighted by Gasteiger charge is -2.35. The third kappa shape index (κ3) is 6.03. The molecule has 0 bridgehead atoms. The van der Waals surface area contributed by atoms with Gasteiger partial charge in [0, 0.05) is 24.8 Å². The predicted molar refractivity (Wildman–Crippen MR) is 130 cm³/mol. The number of unbranched alkanes of at least 4 members (excludes halogenated alkanes) is 1. The van der Waals surface area contributed by atoms with Crippen molar-refractivity contribution in [3.05, 3.63) is 58.6 Å². The minimum absolute atomic E-state index is 0.0171. The Balaban J connectivity index is 1.74. The third-order valence-electron chi connectivity index (χ3n) is 5.99. The number of rotatable bonds is 8. The first-order valence-electron chi connectivity index (χ1n) is 11.1. The first-order chi connectivity index (χ1) is 15.2. The van der Waals surface area contributed by atoms with Gasteiger partial charge < -0.3 is 9.80 Å². The number of carbonyl (C=O) groups excluding carboxylic acids is 1. The number of nitrogens with one attached hydrogen (secondary N) is 1. The Labute approximate surface area is 196 Å². The number of hydrogen-bond acceptors (Lipinski definition) is 4. The van der Waals surface area contributed by atoms with Crippen LogP contribution in [0.15, 0.2) is 47.4 Å². The Kier molecular flexibility index (Phi) is 8.20. The maximum absolute atomic E-state index is 13.1. The van der Waals surface area contributed by atoms with Crippen LogP contribution in [0.3, 0.4) is 0 Å². The molecule has 1 aliphatic rings. The SMILES string of the molecule is CCCCc1ccc(NS(=O)(=O)c2ccc(Cl)c(C(=O)N3CCC(N(C)C)CC3)c2)cc1. The molecule has 0 radical (unpaired) electrons. The van der Waals surface area contributed by atoms with Gasteiger partial charge in [-0.15, -0.1) is 0 Å². The number of nitrogens with zero attached hydrogens (tertiary/aromatic N) is 2. The molecule has 174 valence electrons. The highest BCUT2D eigenvalue weighted by atomic mass is 35.5. The summed E-state index contributed by atoms with van der Waals surface area (Å²) < 4.78 is 28.5. The summed E-state index contributed by atoms with van der Waals surface area (Å²) in [6.45, 7) is 3.38. The zero-order valence-electron chi connectivity index (χ0n) is 19.0. The van der Waals surface area contributed by atoms with E-state index < -0.39 is 10.0 Å². The van der Waals surface area contributed by atoms with Crippen LogP contribution in [0.25, 0.3) is 0 Å². The van der Waals surface area contributed by atoms with Crippen LogP contribution in [0.1, 0.15) is 48.5 Å². The van der Waals surface area contributed by atoms with Crippen LogP contribution in [-0.4, -0.2) is 57.4 Å². The second kappa shape index (κ2) is 10.7. The Bertz CT molecular complexity index is 1030. The Morgan fingerprint density at radius 2 is 1.78 bits per heavy atom. The fourth-order valence-electron chi connectivity index (χ4n) is 3.93. The molecule has 0 aliphatic carbocycles. The van der Waals surface area contributed by atoms with Crippen LogP contribution < -0.4 is 4.72 Å². The van der Waals surface area contributed by atoms with E-state index in [2.05, 4.69) is 16.5 Å². The van der Waals surface area contributed by atoms with Gasteiger partial charge in [-0.3, -0.25) is 9.52 Å². The van der Waals surface area contributed by atoms with Gasteiger partial charge in [-0.05, 0) is 75.7 Å². The highest BCUT2D eigenvalue weighted by Crippen LogP contribution is 2.26. The van der Waals surface area contributed by atoms with Crippen molar-refractivity contribution in [3.63, 3.8) is 0 Å². The molecule has 1 fully saturated rings. The van der Waals surface area contributed by atoms with Gasteiger partial charge in [0.25, 0.3) is 15.9 Å². The lowest BCUT2D eigenvalue weighted by atomic mass is 10.0. The molecular weight excluding hydrogens is 446 g/mol. The van der Waals surface area contributed by atoms with Crippen molar-refractivity contribution >= 4 is 33.2 Å². The average Bonchev–Trinajstić information content (AvgIpc) is 2.78. The van der Waals surface area contributed by atoms with E-state index >= 15 is 0 Å². The van der Waals surface area contributed by atoms with E-state index in [-0.39, 0.29) is 21.4 Å². The largest absolute Gasteiger partial charge is 0.338 e. The van der Waals surface area contributed by atoms with E-state index in [9.17, 15) is 13.2 Å². The van der Waals surface area contributed by atoms with Gasteiger partial charge >= 0.3 is 0 Å². The van der Waals surface area contributed by atoms with Crippen molar-refractivity contribution in [2.75, 3.05) is 31.9 Å². The number of hydrogen-bond donors (Lipinski definition) is 1. The normalized spacial score (nSPS) is 15.2. The van der Waals surface area contributed by atoms with Gasteiger partial charge in [-0.25, -0.2) is 8.42 Å². The van der Waals surface area contributed by atoms with Crippen LogP contribution >= 0.6 is 11.6 Å². The van der Waals surface area contributed by atoms with Gasteiger partial charge in [0.2, 0.25) is 0 Å². The quantitative estimate of drug-likeness (QED) is 0.600. The molecular formula is C24H32ClN3O3S. The molecule has 6 nitrogen and oxygen atoms in total. The summed E-state index contributed by atoms with van der Waals surface area (Å²) >= 11 is 6.29. The molecule has 1 heterocycles. The Hall–Kier alpha value is -2.09. The molecule has 0 spiro atoms. The molecule has 32 heavy (non-hydrogen) atoms. The summed E-state index contributed by atoms with van der Waals surface area (Å²) in [5, 5.41) is 0.254. The van der Waals surface area contributed by atoms with Gasteiger partial charge in [0.1, 0.15) is 0 Å². The van der Waals surface area contributed by atoms with Crippen LogP contribution in [-0.2, 0) is 16.4 Å². The van der Waals surface area contributed by atoms with Crippen molar-refractivity contribution < 1.29 is 13.2 Å². The first-order valence-corrected chi connectivity index (χ1v) is 12.9. The van der Waals surface area contributed by atoms with E-state index in [1.165, 1.54) is 23.8 Å². The van der Waals surface area contributed by atoms with Crippen molar-refractivity contribution in [2.24, 2.45) is 0 Å². The molecule has 1 saturated heterocycles. The standard InChI is InChI=1S/C24H32ClN3O3S/c1-4-5-6-18-7-9-19(10-8-18)26-32(30,31)21-11-12-23(25)22(17-21)24(29)28-15-13-20(14-16-28)27(2)3/h7-12,17,20,26H,4-6,13-16H2,1-3H3. The highest BCUT2D eigenvalue weighted by Gasteiger charge is 2.27. The molecule has 0 saturated carbocycles. The van der Waals surface area contributed by atoms with E-state index in [1.807, 2.05) is 26.2 Å². The average molecular weight is 478 g/mol. The summed E-state index contributed by atoms with van der Waals surface area (Å²) in [6, 6.07) is 12.1. The Morgan fingerprint density at radius 1 is 1.12 bits per heavy atom. The van der Waals surface area contributed by atoms with Crippen LogP contribution in [0.4, 0.5) is 5.69 Å². The van der Waals surface area contributed by atoms with Gasteiger partial charge in [0.05, 0.1) is 15.5 Å². The predicted octanol–water partition coefficient (Wildman–Crippen LogP) is 4.65. The molecule has 3 rings (SSSR count). The molecule has 1 N–H and O–H groups in total. The minimum atomic E-state index is -3.85. The fraction of sp³-hybridized carbons (Fsp3) is 0.458. The van der Waals surface area contributed by atoms with Gasteiger partial charge in [-0.1, -0.05) is 37.1 Å². The lowest BCUT2D eigenvalue weighted by molar-refractivity contribution is 0.0663. The zero-order chi connectivity index (χ0) is 23.3. The molecule has 0 aromatic heterocycles. The van der Waals surface area contributed by atoms with Crippen molar-refractivity contribution in [1.29, 1.82) is 0 Å². The van der Waals surface area contributed by atoms with Crippen LogP contribution in [0.5, 0.6) is 0 Å². The van der Waals surface area contributed by atoms with Crippen molar-refractivity contribution in [3.8, 4) is 0 Å². The number of halogens is 1. The molecule has 0 unspecified atom stereocenters. The Morgan fingerprint density at radius 3 is 2.38 bits per heavy atom. The number of sulfonamides is 1. The second-order valence-electron chi connectivity index (χ2n) is 8.53. The summed E-state index contributed by atoms with van der Waals surface area (Å²) in [5.41, 5.74) is 1.87. The first kappa shape index (κ1) is 24.6. The molecule has 2 aromatic rings. The summed E-state index contributed by atoms with van der Waals surface area (Å²) in [4.78, 5) is 17.0. The number of amides is 1. The molecule has 1 amide bonds. The number of benzene rings is 2. The smallest absolute Gasteiger partial charge is 0.261 e. The molecule has 8 heteroatoms. The number of likely N-dealkylation sites (tertiary alicyclic amines) is 1. The fourth-order valence-corrected chi connectivity index (χ4v) is 5.21. The maximum Gasteiger partial charge on any atom is 0.261 e. The van der Waals surface area contributed by atoms with E-state index in [1.54, 1.807) is 17.0 Å².